The number of nitrogens with zero attached hydrogens (tertiary/aromatic N) is 4. The molecule has 0 atom stereocenters. The summed E-state index contributed by atoms with van der Waals surface area (Å²) in [6.45, 7) is 5.47. The fourth-order valence-corrected chi connectivity index (χ4v) is 2.12. The average molecular weight is 254 g/mol. The molecule has 0 unspecified atom stereocenters. The van der Waals surface area contributed by atoms with Crippen LogP contribution < -0.4 is 0 Å². The lowest BCUT2D eigenvalue weighted by Gasteiger charge is -2.07. The maximum Gasteiger partial charge on any atom is 0.175 e. The van der Waals surface area contributed by atoms with Crippen molar-refractivity contribution in [2.24, 2.45) is 0 Å². The number of aromatic nitrogens is 4. The minimum absolute atomic E-state index is 0.203. The molecule has 2 heterocycles. The van der Waals surface area contributed by atoms with E-state index < -0.39 is 0 Å². The zero-order chi connectivity index (χ0) is 13.6. The van der Waals surface area contributed by atoms with Crippen LogP contribution in [0.5, 0.6) is 5.75 Å². The summed E-state index contributed by atoms with van der Waals surface area (Å²) in [5.41, 5.74) is 3.71. The molecule has 0 aliphatic rings. The maximum absolute atomic E-state index is 9.86. The average Bonchev–Trinajstić information content (AvgIpc) is 2.66. The van der Waals surface area contributed by atoms with Gasteiger partial charge >= 0.3 is 0 Å². The normalized spacial score (nSPS) is 11.1. The summed E-state index contributed by atoms with van der Waals surface area (Å²) in [6, 6.07) is 7.70. The molecule has 0 aliphatic carbocycles. The van der Waals surface area contributed by atoms with Gasteiger partial charge in [-0.1, -0.05) is 12.1 Å². The Morgan fingerprint density at radius 3 is 2.16 bits per heavy atom. The third-order valence-corrected chi connectivity index (χ3v) is 3.17. The number of benzene rings is 1. The Morgan fingerprint density at radius 2 is 1.58 bits per heavy atom. The third kappa shape index (κ3) is 1.74. The van der Waals surface area contributed by atoms with Gasteiger partial charge in [0.2, 0.25) is 0 Å². The van der Waals surface area contributed by atoms with E-state index >= 15 is 0 Å². The maximum atomic E-state index is 9.86. The van der Waals surface area contributed by atoms with Crippen molar-refractivity contribution in [2.45, 2.75) is 20.8 Å². The van der Waals surface area contributed by atoms with Crippen molar-refractivity contribution in [2.75, 3.05) is 0 Å². The first-order valence-electron chi connectivity index (χ1n) is 6.07. The van der Waals surface area contributed by atoms with E-state index in [-0.39, 0.29) is 5.75 Å². The predicted molar refractivity (Wildman–Crippen MR) is 72.5 cm³/mol. The van der Waals surface area contributed by atoms with Gasteiger partial charge in [-0.25, -0.2) is 14.6 Å². The number of aryl methyl sites for hydroxylation is 2. The second-order valence-electron chi connectivity index (χ2n) is 4.55. The van der Waals surface area contributed by atoms with Gasteiger partial charge < -0.3 is 5.11 Å². The first-order valence-corrected chi connectivity index (χ1v) is 6.07. The molecule has 3 aromatic rings. The van der Waals surface area contributed by atoms with Crippen LogP contribution in [0.3, 0.4) is 0 Å². The molecular formula is C14H14N4O. The van der Waals surface area contributed by atoms with E-state index in [1.54, 1.807) is 11.6 Å². The fraction of sp³-hybridized carbons (Fsp3) is 0.214. The van der Waals surface area contributed by atoms with Gasteiger partial charge in [0.1, 0.15) is 5.69 Å². The van der Waals surface area contributed by atoms with Crippen LogP contribution in [-0.2, 0) is 0 Å². The molecule has 0 bridgehead atoms. The molecule has 0 aliphatic heterocycles. The minimum atomic E-state index is 0.203. The highest BCUT2D eigenvalue weighted by atomic mass is 16.3. The smallest absolute Gasteiger partial charge is 0.175 e. The Kier molecular flexibility index (Phi) is 2.48. The first kappa shape index (κ1) is 11.6. The van der Waals surface area contributed by atoms with Crippen LogP contribution in [0.25, 0.3) is 16.9 Å². The van der Waals surface area contributed by atoms with E-state index in [4.69, 9.17) is 0 Å². The van der Waals surface area contributed by atoms with Crippen LogP contribution in [0.2, 0.25) is 0 Å². The molecule has 3 rings (SSSR count). The molecule has 0 saturated carbocycles. The molecule has 0 fully saturated rings. The van der Waals surface area contributed by atoms with Crippen LogP contribution in [0, 0.1) is 20.8 Å². The van der Waals surface area contributed by atoms with Crippen molar-refractivity contribution in [3.05, 3.63) is 41.3 Å². The SMILES string of the molecule is Cc1nc2ccccc2nc1-n1nc(C)c(O)c1C. The van der Waals surface area contributed by atoms with Gasteiger partial charge in [0.25, 0.3) is 0 Å². The molecule has 1 N–H and O–H groups in total. The van der Waals surface area contributed by atoms with Gasteiger partial charge in [-0.3, -0.25) is 0 Å². The lowest BCUT2D eigenvalue weighted by atomic mass is 10.3. The number of hydrogen-bond acceptors (Lipinski definition) is 4. The summed E-state index contributed by atoms with van der Waals surface area (Å²) in [7, 11) is 0. The minimum Gasteiger partial charge on any atom is -0.504 e. The lowest BCUT2D eigenvalue weighted by Crippen LogP contribution is -2.06. The van der Waals surface area contributed by atoms with Crippen molar-refractivity contribution >= 4 is 11.0 Å². The van der Waals surface area contributed by atoms with Gasteiger partial charge in [0, 0.05) is 0 Å². The van der Waals surface area contributed by atoms with E-state index in [1.807, 2.05) is 38.1 Å². The Balaban J connectivity index is 2.30. The van der Waals surface area contributed by atoms with Gasteiger partial charge in [-0.15, -0.1) is 0 Å². The molecule has 19 heavy (non-hydrogen) atoms. The molecule has 0 radical (unpaired) electrons. The Bertz CT molecular complexity index is 776. The van der Waals surface area contributed by atoms with Gasteiger partial charge in [0.15, 0.2) is 11.6 Å². The van der Waals surface area contributed by atoms with Crippen LogP contribution in [-0.4, -0.2) is 24.9 Å². The van der Waals surface area contributed by atoms with E-state index in [1.165, 1.54) is 0 Å². The van der Waals surface area contributed by atoms with Crippen molar-refractivity contribution in [1.82, 2.24) is 19.7 Å². The molecule has 0 amide bonds. The summed E-state index contributed by atoms with van der Waals surface area (Å²) in [6.07, 6.45) is 0. The molecule has 5 nitrogen and oxygen atoms in total. The van der Waals surface area contributed by atoms with Gasteiger partial charge in [0.05, 0.1) is 22.4 Å². The van der Waals surface area contributed by atoms with Crippen molar-refractivity contribution < 1.29 is 5.11 Å². The van der Waals surface area contributed by atoms with Crippen molar-refractivity contribution in [3.8, 4) is 11.6 Å². The standard InChI is InChI=1S/C14H14N4O/c1-8-13(19)10(3)18(17-8)14-9(2)15-11-6-4-5-7-12(11)16-14/h4-7,19H,1-3H3. The predicted octanol–water partition coefficient (Wildman–Crippen LogP) is 2.45. The molecule has 2 aromatic heterocycles. The summed E-state index contributed by atoms with van der Waals surface area (Å²) in [5, 5.41) is 14.2. The zero-order valence-corrected chi connectivity index (χ0v) is 11.0. The number of rotatable bonds is 1. The second-order valence-corrected chi connectivity index (χ2v) is 4.55. The van der Waals surface area contributed by atoms with Crippen LogP contribution in [0.15, 0.2) is 24.3 Å². The number of hydrogen-bond donors (Lipinski definition) is 1. The van der Waals surface area contributed by atoms with Crippen LogP contribution >= 0.6 is 0 Å². The number of aromatic hydroxyl groups is 1. The van der Waals surface area contributed by atoms with E-state index in [2.05, 4.69) is 15.1 Å². The Hall–Kier alpha value is -2.43. The topological polar surface area (TPSA) is 63.8 Å². The van der Waals surface area contributed by atoms with E-state index in [9.17, 15) is 5.11 Å². The summed E-state index contributed by atoms with van der Waals surface area (Å²) >= 11 is 0. The number of fused-ring (bicyclic) bond motifs is 1. The monoisotopic (exact) mass is 254 g/mol. The molecule has 0 saturated heterocycles. The highest BCUT2D eigenvalue weighted by Crippen LogP contribution is 2.24. The van der Waals surface area contributed by atoms with E-state index in [0.717, 1.165) is 16.7 Å². The van der Waals surface area contributed by atoms with E-state index in [0.29, 0.717) is 17.2 Å². The van der Waals surface area contributed by atoms with Crippen LogP contribution in [0.1, 0.15) is 17.1 Å². The lowest BCUT2D eigenvalue weighted by molar-refractivity contribution is 0.466. The zero-order valence-electron chi connectivity index (χ0n) is 11.0. The third-order valence-electron chi connectivity index (χ3n) is 3.17. The molecule has 96 valence electrons. The van der Waals surface area contributed by atoms with Crippen molar-refractivity contribution in [3.63, 3.8) is 0 Å². The summed E-state index contributed by atoms with van der Waals surface area (Å²) in [4.78, 5) is 9.11. The molecule has 0 spiro atoms. The highest BCUT2D eigenvalue weighted by Gasteiger charge is 2.15. The molecule has 1 aromatic carbocycles. The van der Waals surface area contributed by atoms with Gasteiger partial charge in [-0.2, -0.15) is 5.10 Å². The second kappa shape index (κ2) is 4.05. The first-order chi connectivity index (χ1) is 9.08. The Labute approximate surface area is 110 Å². The summed E-state index contributed by atoms with van der Waals surface area (Å²) in [5.74, 6) is 0.856. The molecule has 5 heteroatoms. The highest BCUT2D eigenvalue weighted by molar-refractivity contribution is 5.75. The van der Waals surface area contributed by atoms with Crippen molar-refractivity contribution in [1.29, 1.82) is 0 Å². The molecular weight excluding hydrogens is 240 g/mol. The fourth-order valence-electron chi connectivity index (χ4n) is 2.12. The largest absolute Gasteiger partial charge is 0.504 e. The summed E-state index contributed by atoms with van der Waals surface area (Å²) < 4.78 is 1.64. The van der Waals surface area contributed by atoms with Gasteiger partial charge in [-0.05, 0) is 32.9 Å². The van der Waals surface area contributed by atoms with Crippen LogP contribution in [0.4, 0.5) is 0 Å². The quantitative estimate of drug-likeness (QED) is 0.724. The number of para-hydroxylation sites is 2. The Morgan fingerprint density at radius 1 is 0.947 bits per heavy atom.